The van der Waals surface area contributed by atoms with Crippen LogP contribution in [0.4, 0.5) is 23.1 Å². The van der Waals surface area contributed by atoms with Crippen molar-refractivity contribution in [1.82, 2.24) is 9.97 Å². The molecule has 33 heavy (non-hydrogen) atoms. The molecule has 0 aliphatic carbocycles. The van der Waals surface area contributed by atoms with Crippen molar-refractivity contribution >= 4 is 35.0 Å². The number of hydrogen-bond donors (Lipinski definition) is 4. The van der Waals surface area contributed by atoms with Gasteiger partial charge >= 0.3 is 0 Å². The van der Waals surface area contributed by atoms with E-state index in [1.165, 1.54) is 7.11 Å². The van der Waals surface area contributed by atoms with Crippen LogP contribution in [0.1, 0.15) is 23.5 Å². The van der Waals surface area contributed by atoms with Crippen molar-refractivity contribution < 1.29 is 19.1 Å². The Morgan fingerprint density at radius 1 is 1.06 bits per heavy atom. The summed E-state index contributed by atoms with van der Waals surface area (Å²) >= 11 is 0. The molecule has 2 heterocycles. The highest BCUT2D eigenvalue weighted by atomic mass is 16.5. The molecule has 0 saturated carbocycles. The Kier molecular flexibility index (Phi) is 5.99. The topological polar surface area (TPSA) is 134 Å². The maximum atomic E-state index is 13.1. The molecule has 1 aliphatic heterocycles. The lowest BCUT2D eigenvalue weighted by Crippen LogP contribution is -2.36. The van der Waals surface area contributed by atoms with Crippen LogP contribution in [-0.4, -0.2) is 36.0 Å². The lowest BCUT2D eigenvalue weighted by atomic mass is 9.92. The number of amides is 2. The number of aryl methyl sites for hydroxylation is 1. The van der Waals surface area contributed by atoms with E-state index < -0.39 is 23.3 Å². The normalized spacial score (nSPS) is 14.6. The Balaban J connectivity index is 1.62. The SMILES string of the molecule is COc1ccc(Nc2nc3c(c(=O)[nH]2)C(C(=O)Nc2cc(OC)ccc2C)CC(=O)N3)cc1. The highest BCUT2D eigenvalue weighted by Crippen LogP contribution is 2.31. The van der Waals surface area contributed by atoms with E-state index in [-0.39, 0.29) is 23.8 Å². The minimum absolute atomic E-state index is 0.0496. The molecular weight excluding hydrogens is 426 g/mol. The summed E-state index contributed by atoms with van der Waals surface area (Å²) in [4.78, 5) is 45.3. The summed E-state index contributed by atoms with van der Waals surface area (Å²) in [6.07, 6.45) is -0.169. The van der Waals surface area contributed by atoms with E-state index >= 15 is 0 Å². The molecule has 0 spiro atoms. The van der Waals surface area contributed by atoms with Crippen LogP contribution in [0.25, 0.3) is 0 Å². The quantitative estimate of drug-likeness (QED) is 0.454. The van der Waals surface area contributed by atoms with Crippen molar-refractivity contribution in [2.45, 2.75) is 19.3 Å². The Morgan fingerprint density at radius 3 is 2.45 bits per heavy atom. The van der Waals surface area contributed by atoms with Crippen LogP contribution >= 0.6 is 0 Å². The standard InChI is InChI=1S/C23H23N5O5/c1-12-4-7-15(33-3)10-17(12)25-21(30)16-11-18(29)26-20-19(16)22(31)28-23(27-20)24-13-5-8-14(32-2)9-6-13/h4-10,16H,11H2,1-3H3,(H,25,30)(H3,24,26,27,28,29,31). The summed E-state index contributed by atoms with van der Waals surface area (Å²) in [6.45, 7) is 1.84. The van der Waals surface area contributed by atoms with Crippen LogP contribution in [-0.2, 0) is 9.59 Å². The number of H-pyrrole nitrogens is 1. The second-order valence-electron chi connectivity index (χ2n) is 7.51. The van der Waals surface area contributed by atoms with Crippen LogP contribution in [0.5, 0.6) is 11.5 Å². The van der Waals surface area contributed by atoms with E-state index in [0.29, 0.717) is 22.9 Å². The minimum Gasteiger partial charge on any atom is -0.497 e. The number of ether oxygens (including phenoxy) is 2. The first kappa shape index (κ1) is 21.9. The molecule has 0 radical (unpaired) electrons. The third-order valence-corrected chi connectivity index (χ3v) is 5.32. The third kappa shape index (κ3) is 4.64. The minimum atomic E-state index is -0.995. The average Bonchev–Trinajstić information content (AvgIpc) is 2.80. The molecular formula is C23H23N5O5. The first-order valence-corrected chi connectivity index (χ1v) is 10.2. The Bertz CT molecular complexity index is 1270. The highest BCUT2D eigenvalue weighted by molar-refractivity contribution is 6.04. The largest absolute Gasteiger partial charge is 0.497 e. The van der Waals surface area contributed by atoms with Crippen LogP contribution in [0.2, 0.25) is 0 Å². The number of rotatable bonds is 6. The number of fused-ring (bicyclic) bond motifs is 1. The van der Waals surface area contributed by atoms with Gasteiger partial charge in [-0.15, -0.1) is 0 Å². The van der Waals surface area contributed by atoms with Gasteiger partial charge in [-0.05, 0) is 42.8 Å². The average molecular weight is 449 g/mol. The van der Waals surface area contributed by atoms with Gasteiger partial charge in [0.05, 0.1) is 25.7 Å². The Labute approximate surface area is 189 Å². The number of methoxy groups -OCH3 is 2. The van der Waals surface area contributed by atoms with Gasteiger partial charge in [-0.1, -0.05) is 6.07 Å². The number of benzene rings is 2. The fraction of sp³-hybridized carbons (Fsp3) is 0.217. The van der Waals surface area contributed by atoms with Gasteiger partial charge in [0.2, 0.25) is 17.8 Å². The van der Waals surface area contributed by atoms with E-state index in [1.807, 2.05) is 6.92 Å². The smallest absolute Gasteiger partial charge is 0.258 e. The number of hydrogen-bond acceptors (Lipinski definition) is 7. The summed E-state index contributed by atoms with van der Waals surface area (Å²) in [5.74, 6) is -0.441. The number of anilines is 4. The van der Waals surface area contributed by atoms with Crippen molar-refractivity contribution in [3.63, 3.8) is 0 Å². The molecule has 10 heteroatoms. The number of nitrogens with zero attached hydrogens (tertiary/aromatic N) is 1. The second kappa shape index (κ2) is 9.03. The molecule has 0 saturated heterocycles. The zero-order valence-corrected chi connectivity index (χ0v) is 18.3. The molecule has 1 unspecified atom stereocenters. The molecule has 4 rings (SSSR count). The first-order chi connectivity index (χ1) is 15.9. The predicted octanol–water partition coefficient (Wildman–Crippen LogP) is 2.90. The molecule has 4 N–H and O–H groups in total. The molecule has 0 bridgehead atoms. The lowest BCUT2D eigenvalue weighted by Gasteiger charge is -2.24. The molecule has 170 valence electrons. The summed E-state index contributed by atoms with van der Waals surface area (Å²) in [7, 11) is 3.09. The molecule has 2 amide bonds. The van der Waals surface area contributed by atoms with Crippen LogP contribution in [0.3, 0.4) is 0 Å². The van der Waals surface area contributed by atoms with Crippen LogP contribution in [0, 0.1) is 6.92 Å². The van der Waals surface area contributed by atoms with Crippen molar-refractivity contribution in [2.75, 3.05) is 30.2 Å². The van der Waals surface area contributed by atoms with E-state index in [1.54, 1.807) is 49.6 Å². The first-order valence-electron chi connectivity index (χ1n) is 10.2. The zero-order valence-electron chi connectivity index (χ0n) is 18.3. The maximum Gasteiger partial charge on any atom is 0.258 e. The van der Waals surface area contributed by atoms with Gasteiger partial charge in [0.25, 0.3) is 5.56 Å². The second-order valence-corrected chi connectivity index (χ2v) is 7.51. The zero-order chi connectivity index (χ0) is 23.5. The Morgan fingerprint density at radius 2 is 1.76 bits per heavy atom. The summed E-state index contributed by atoms with van der Waals surface area (Å²) in [5, 5.41) is 8.37. The van der Waals surface area contributed by atoms with Crippen LogP contribution < -0.4 is 31.0 Å². The summed E-state index contributed by atoms with van der Waals surface area (Å²) in [6, 6.07) is 12.3. The van der Waals surface area contributed by atoms with Gasteiger partial charge in [0, 0.05) is 23.9 Å². The number of carbonyl (C=O) groups is 2. The van der Waals surface area contributed by atoms with Gasteiger partial charge in [-0.25, -0.2) is 0 Å². The highest BCUT2D eigenvalue weighted by Gasteiger charge is 2.35. The molecule has 1 atom stereocenters. The van der Waals surface area contributed by atoms with Gasteiger partial charge in [-0.2, -0.15) is 4.98 Å². The van der Waals surface area contributed by atoms with Gasteiger partial charge in [0.15, 0.2) is 0 Å². The third-order valence-electron chi connectivity index (χ3n) is 5.32. The fourth-order valence-corrected chi connectivity index (χ4v) is 3.55. The van der Waals surface area contributed by atoms with Gasteiger partial charge < -0.3 is 25.4 Å². The predicted molar refractivity (Wildman–Crippen MR) is 123 cm³/mol. The molecule has 3 aromatic rings. The molecule has 1 aromatic heterocycles. The van der Waals surface area contributed by atoms with Crippen molar-refractivity contribution in [2.24, 2.45) is 0 Å². The number of carbonyl (C=O) groups excluding carboxylic acids is 2. The van der Waals surface area contributed by atoms with Gasteiger partial charge in [-0.3, -0.25) is 19.4 Å². The summed E-state index contributed by atoms with van der Waals surface area (Å²) < 4.78 is 10.3. The molecule has 1 aliphatic rings. The molecule has 10 nitrogen and oxygen atoms in total. The van der Waals surface area contributed by atoms with E-state index in [4.69, 9.17) is 9.47 Å². The molecule has 0 fully saturated rings. The lowest BCUT2D eigenvalue weighted by molar-refractivity contribution is -0.123. The van der Waals surface area contributed by atoms with E-state index in [9.17, 15) is 14.4 Å². The van der Waals surface area contributed by atoms with Crippen molar-refractivity contribution in [1.29, 1.82) is 0 Å². The Hall–Kier alpha value is -4.34. The van der Waals surface area contributed by atoms with E-state index in [0.717, 1.165) is 5.56 Å². The van der Waals surface area contributed by atoms with Crippen molar-refractivity contribution in [3.05, 3.63) is 63.9 Å². The maximum absolute atomic E-state index is 13.1. The number of aromatic amines is 1. The van der Waals surface area contributed by atoms with Gasteiger partial charge in [0.1, 0.15) is 17.3 Å². The fourth-order valence-electron chi connectivity index (χ4n) is 3.55. The molecule has 2 aromatic carbocycles. The van der Waals surface area contributed by atoms with Crippen molar-refractivity contribution in [3.8, 4) is 11.5 Å². The van der Waals surface area contributed by atoms with Crippen LogP contribution in [0.15, 0.2) is 47.3 Å². The monoisotopic (exact) mass is 449 g/mol. The number of aromatic nitrogens is 2. The number of nitrogens with one attached hydrogen (secondary N) is 4. The van der Waals surface area contributed by atoms with E-state index in [2.05, 4.69) is 25.9 Å². The summed E-state index contributed by atoms with van der Waals surface area (Å²) in [5.41, 5.74) is 1.60.